The molecule has 3 aromatic carbocycles. The van der Waals surface area contributed by atoms with Gasteiger partial charge < -0.3 is 9.47 Å². The van der Waals surface area contributed by atoms with E-state index in [0.717, 1.165) is 16.9 Å². The molecule has 0 spiro atoms. The molecule has 12 heteroatoms. The second-order valence-corrected chi connectivity index (χ2v) is 13.6. The molecule has 36 heavy (non-hydrogen) atoms. The predicted molar refractivity (Wildman–Crippen MR) is 144 cm³/mol. The zero-order valence-electron chi connectivity index (χ0n) is 19.1. The van der Waals surface area contributed by atoms with E-state index in [1.807, 2.05) is 6.92 Å². The van der Waals surface area contributed by atoms with Crippen molar-refractivity contribution in [3.05, 3.63) is 88.2 Å². The van der Waals surface area contributed by atoms with Gasteiger partial charge in [-0.25, -0.2) is 16.8 Å². The van der Waals surface area contributed by atoms with Crippen molar-refractivity contribution in [3.8, 4) is 17.2 Å². The van der Waals surface area contributed by atoms with Crippen molar-refractivity contribution in [2.75, 3.05) is 16.6 Å². The third-order valence-corrected chi connectivity index (χ3v) is 9.78. The maximum absolute atomic E-state index is 13.0. The van der Waals surface area contributed by atoms with Gasteiger partial charge in [0, 0.05) is 6.07 Å². The average molecular weight is 610 g/mol. The summed E-state index contributed by atoms with van der Waals surface area (Å²) in [5.74, 6) is 1.43. The van der Waals surface area contributed by atoms with Gasteiger partial charge in [0.25, 0.3) is 20.0 Å². The molecule has 4 rings (SSSR count). The Morgan fingerprint density at radius 2 is 1.33 bits per heavy atom. The van der Waals surface area contributed by atoms with Crippen LogP contribution in [0.2, 0.25) is 0 Å². The lowest BCUT2D eigenvalue weighted by Gasteiger charge is -2.16. The number of rotatable bonds is 9. The highest BCUT2D eigenvalue weighted by Crippen LogP contribution is 2.35. The Labute approximate surface area is 222 Å². The van der Waals surface area contributed by atoms with Crippen LogP contribution in [0.1, 0.15) is 5.56 Å². The molecule has 0 atom stereocenters. The number of halogens is 1. The van der Waals surface area contributed by atoms with E-state index in [1.54, 1.807) is 49.6 Å². The largest absolute Gasteiger partial charge is 0.497 e. The fourth-order valence-corrected chi connectivity index (χ4v) is 7.26. The summed E-state index contributed by atoms with van der Waals surface area (Å²) in [6.45, 7) is 1.85. The molecule has 2 N–H and O–H groups in total. The smallest absolute Gasteiger partial charge is 0.271 e. The fourth-order valence-electron chi connectivity index (χ4n) is 3.10. The number of thiophene rings is 1. The molecule has 0 aliphatic heterocycles. The second kappa shape index (κ2) is 10.5. The number of hydrogen-bond acceptors (Lipinski definition) is 7. The Bertz CT molecular complexity index is 1580. The summed E-state index contributed by atoms with van der Waals surface area (Å²) in [6, 6.07) is 20.6. The normalized spacial score (nSPS) is 11.6. The Balaban J connectivity index is 1.70. The molecule has 0 fully saturated rings. The standard InChI is InChI=1S/C24H21BrN2O6S3/c1-16-3-10-20(11-4-16)35(28,29)26-21-12-9-19(33-18-7-5-17(32-2)6-8-18)15-22(21)27-36(30,31)24-14-13-23(25)34-24/h3-15,26-27H,1-2H3. The summed E-state index contributed by atoms with van der Waals surface area (Å²) in [4.78, 5) is 0.0441. The molecule has 0 aliphatic carbocycles. The topological polar surface area (TPSA) is 111 Å². The van der Waals surface area contributed by atoms with Crippen molar-refractivity contribution in [2.45, 2.75) is 16.0 Å². The summed E-state index contributed by atoms with van der Waals surface area (Å²) in [5, 5.41) is 0. The van der Waals surface area contributed by atoms with Crippen LogP contribution >= 0.6 is 27.3 Å². The van der Waals surface area contributed by atoms with Crippen LogP contribution in [0.3, 0.4) is 0 Å². The molecule has 0 saturated carbocycles. The maximum Gasteiger partial charge on any atom is 0.271 e. The van der Waals surface area contributed by atoms with Crippen molar-refractivity contribution in [1.29, 1.82) is 0 Å². The van der Waals surface area contributed by atoms with Gasteiger partial charge in [-0.05, 0) is 83.5 Å². The molecule has 0 aliphatic rings. The lowest BCUT2D eigenvalue weighted by atomic mass is 10.2. The molecule has 0 bridgehead atoms. The van der Waals surface area contributed by atoms with E-state index in [0.29, 0.717) is 21.0 Å². The molecular weight excluding hydrogens is 588 g/mol. The van der Waals surface area contributed by atoms with E-state index < -0.39 is 20.0 Å². The van der Waals surface area contributed by atoms with E-state index in [4.69, 9.17) is 9.47 Å². The summed E-state index contributed by atoms with van der Waals surface area (Å²) < 4.78 is 68.7. The minimum Gasteiger partial charge on any atom is -0.497 e. The van der Waals surface area contributed by atoms with E-state index >= 15 is 0 Å². The third-order valence-electron chi connectivity index (χ3n) is 4.92. The quantitative estimate of drug-likeness (QED) is 0.233. The number of anilines is 2. The van der Waals surface area contributed by atoms with Gasteiger partial charge in [0.15, 0.2) is 0 Å². The first-order valence-corrected chi connectivity index (χ1v) is 15.0. The molecule has 0 amide bonds. The zero-order valence-corrected chi connectivity index (χ0v) is 23.1. The molecule has 0 saturated heterocycles. The van der Waals surface area contributed by atoms with Crippen molar-refractivity contribution in [1.82, 2.24) is 0 Å². The van der Waals surface area contributed by atoms with Gasteiger partial charge in [0.05, 0.1) is 27.2 Å². The molecule has 0 radical (unpaired) electrons. The van der Waals surface area contributed by atoms with Crippen molar-refractivity contribution in [2.24, 2.45) is 0 Å². The molecule has 4 aromatic rings. The summed E-state index contributed by atoms with van der Waals surface area (Å²) >= 11 is 4.29. The molecular formula is C24H21BrN2O6S3. The Morgan fingerprint density at radius 3 is 1.94 bits per heavy atom. The van der Waals surface area contributed by atoms with E-state index in [9.17, 15) is 16.8 Å². The maximum atomic E-state index is 13.0. The summed E-state index contributed by atoms with van der Waals surface area (Å²) in [6.07, 6.45) is 0. The van der Waals surface area contributed by atoms with Gasteiger partial charge in [0.1, 0.15) is 21.5 Å². The Kier molecular flexibility index (Phi) is 7.59. The third kappa shape index (κ3) is 6.19. The average Bonchev–Trinajstić information content (AvgIpc) is 3.29. The number of sulfonamides is 2. The molecule has 0 unspecified atom stereocenters. The Morgan fingerprint density at radius 1 is 0.722 bits per heavy atom. The number of nitrogens with one attached hydrogen (secondary N) is 2. The van der Waals surface area contributed by atoms with Crippen LogP contribution in [0.25, 0.3) is 0 Å². The number of ether oxygens (including phenoxy) is 2. The van der Waals surface area contributed by atoms with Crippen molar-refractivity contribution >= 4 is 58.7 Å². The van der Waals surface area contributed by atoms with Gasteiger partial charge in [-0.3, -0.25) is 9.44 Å². The fraction of sp³-hybridized carbons (Fsp3) is 0.0833. The first-order valence-electron chi connectivity index (χ1n) is 10.4. The van der Waals surface area contributed by atoms with Gasteiger partial charge in [0.2, 0.25) is 0 Å². The molecule has 1 aromatic heterocycles. The summed E-state index contributed by atoms with van der Waals surface area (Å²) in [7, 11) is -6.45. The molecule has 188 valence electrons. The van der Waals surface area contributed by atoms with Crippen LogP contribution in [-0.2, 0) is 20.0 Å². The van der Waals surface area contributed by atoms with Gasteiger partial charge in [-0.1, -0.05) is 17.7 Å². The van der Waals surface area contributed by atoms with E-state index in [2.05, 4.69) is 25.4 Å². The van der Waals surface area contributed by atoms with Crippen molar-refractivity contribution in [3.63, 3.8) is 0 Å². The van der Waals surface area contributed by atoms with Crippen LogP contribution in [-0.4, -0.2) is 23.9 Å². The van der Waals surface area contributed by atoms with Crippen LogP contribution < -0.4 is 18.9 Å². The first kappa shape index (κ1) is 26.0. The van der Waals surface area contributed by atoms with Crippen LogP contribution in [0.5, 0.6) is 17.2 Å². The van der Waals surface area contributed by atoms with Crippen LogP contribution in [0, 0.1) is 6.92 Å². The van der Waals surface area contributed by atoms with Crippen LogP contribution in [0.15, 0.2) is 91.8 Å². The van der Waals surface area contributed by atoms with E-state index in [-0.39, 0.29) is 20.5 Å². The van der Waals surface area contributed by atoms with Gasteiger partial charge in [-0.15, -0.1) is 11.3 Å². The minimum absolute atomic E-state index is 0.00113. The number of hydrogen-bond donors (Lipinski definition) is 2. The lowest BCUT2D eigenvalue weighted by Crippen LogP contribution is -2.17. The number of methoxy groups -OCH3 is 1. The monoisotopic (exact) mass is 608 g/mol. The lowest BCUT2D eigenvalue weighted by molar-refractivity contribution is 0.413. The SMILES string of the molecule is COc1ccc(Oc2ccc(NS(=O)(=O)c3ccc(C)cc3)c(NS(=O)(=O)c3ccc(Br)s3)c2)cc1. The predicted octanol–water partition coefficient (Wildman–Crippen LogP) is 6.22. The van der Waals surface area contributed by atoms with Crippen molar-refractivity contribution < 1.29 is 26.3 Å². The van der Waals surface area contributed by atoms with E-state index in [1.165, 1.54) is 36.4 Å². The first-order chi connectivity index (χ1) is 17.1. The number of aryl methyl sites for hydroxylation is 1. The molecule has 1 heterocycles. The van der Waals surface area contributed by atoms with Gasteiger partial charge in [-0.2, -0.15) is 0 Å². The highest BCUT2D eigenvalue weighted by atomic mass is 79.9. The highest BCUT2D eigenvalue weighted by molar-refractivity contribution is 9.11. The molecule has 8 nitrogen and oxygen atoms in total. The Hall–Kier alpha value is -3.06. The van der Waals surface area contributed by atoms with Gasteiger partial charge >= 0.3 is 0 Å². The summed E-state index contributed by atoms with van der Waals surface area (Å²) in [5.41, 5.74) is 0.947. The second-order valence-electron chi connectivity index (χ2n) is 7.57. The minimum atomic E-state index is -4.01. The number of benzene rings is 3. The zero-order chi connectivity index (χ0) is 25.9. The highest BCUT2D eigenvalue weighted by Gasteiger charge is 2.22. The van der Waals surface area contributed by atoms with Crippen LogP contribution in [0.4, 0.5) is 11.4 Å².